The van der Waals surface area contributed by atoms with Gasteiger partial charge in [-0.25, -0.2) is 4.90 Å². The van der Waals surface area contributed by atoms with Crippen LogP contribution in [0, 0.1) is 0 Å². The summed E-state index contributed by atoms with van der Waals surface area (Å²) >= 11 is 0. The number of nitrogens with zero attached hydrogens (tertiary/aromatic N) is 2. The van der Waals surface area contributed by atoms with E-state index in [1.165, 1.54) is 4.90 Å². The Kier molecular flexibility index (Phi) is 9.62. The number of hydrogen-bond acceptors (Lipinski definition) is 12. The van der Waals surface area contributed by atoms with Crippen molar-refractivity contribution in [3.8, 4) is 0 Å². The van der Waals surface area contributed by atoms with Gasteiger partial charge in [0.25, 0.3) is 7.82 Å². The molecule has 2 saturated heterocycles. The van der Waals surface area contributed by atoms with E-state index in [0.717, 1.165) is 0 Å². The van der Waals surface area contributed by atoms with E-state index < -0.39 is 63.4 Å². The van der Waals surface area contributed by atoms with Crippen molar-refractivity contribution in [1.29, 1.82) is 0 Å². The van der Waals surface area contributed by atoms with E-state index in [4.69, 9.17) is 15.4 Å². The number of aliphatic hydroxyl groups is 2. The molecule has 0 aromatic rings. The predicted octanol–water partition coefficient (Wildman–Crippen LogP) is -11.9. The van der Waals surface area contributed by atoms with E-state index in [2.05, 4.69) is 20.1 Å². The molecule has 3 aliphatic rings. The quantitative estimate of drug-likeness (QED) is 0.188. The molecule has 7 N–H and O–H groups in total. The zero-order valence-corrected chi connectivity index (χ0v) is 19.2. The minimum Gasteiger partial charge on any atom is -0.861 e. The van der Waals surface area contributed by atoms with Crippen molar-refractivity contribution >= 4 is 13.7 Å². The van der Waals surface area contributed by atoms with Gasteiger partial charge < -0.3 is 34.4 Å². The second-order valence-electron chi connectivity index (χ2n) is 5.69. The molecule has 3 aliphatic heterocycles. The van der Waals surface area contributed by atoms with Crippen molar-refractivity contribution in [3.63, 3.8) is 0 Å². The Morgan fingerprint density at radius 1 is 1.42 bits per heavy atom. The third-order valence-electron chi connectivity index (χ3n) is 4.11. The van der Waals surface area contributed by atoms with Crippen LogP contribution in [0.5, 0.6) is 0 Å². The maximum atomic E-state index is 11.8. The summed E-state index contributed by atoms with van der Waals surface area (Å²) < 4.78 is 20.3. The SMILES string of the molecule is NC1N=C([O-])C2NCN([C@@H]3O[C@H](COP(=O)([O-])O)[C@@H](O)[C@H]3O)C2N1.[Na+].[Na+]. The van der Waals surface area contributed by atoms with Gasteiger partial charge in [0.2, 0.25) is 0 Å². The molecular weight excluding hydrogens is 395 g/mol. The van der Waals surface area contributed by atoms with Crippen LogP contribution in [0.2, 0.25) is 0 Å². The number of fused-ring (bicyclic) bond motifs is 1. The number of phosphoric acid groups is 1. The summed E-state index contributed by atoms with van der Waals surface area (Å²) in [5.74, 6) is -0.450. The van der Waals surface area contributed by atoms with Gasteiger partial charge in [-0.05, 0) is 5.90 Å². The van der Waals surface area contributed by atoms with E-state index in [1.54, 1.807) is 0 Å². The molecule has 0 radical (unpaired) electrons. The molecule has 3 heterocycles. The summed E-state index contributed by atoms with van der Waals surface area (Å²) in [6, 6.07) is -0.688. The molecule has 0 saturated carbocycles. The van der Waals surface area contributed by atoms with E-state index in [9.17, 15) is 24.8 Å². The van der Waals surface area contributed by atoms with Crippen LogP contribution in [-0.2, 0) is 13.8 Å². The average molecular weight is 413 g/mol. The zero-order valence-electron chi connectivity index (χ0n) is 14.3. The number of nitrogens with two attached hydrogens (primary N) is 1. The molecule has 0 spiro atoms. The summed E-state index contributed by atoms with van der Waals surface area (Å²) in [5, 5.41) is 37.7. The standard InChI is InChI=1S/C10H20N5O8P.2Na/c11-10-13-7-4(8(18)14-10)12-2-15(7)9-6(17)5(16)3(23-9)1-22-24(19,20)21;;/h3-7,9-10,12-13,16-17H,1-2,11H2,(H,14,18)(H2,19,20,21);;/q;2*+1/p-2/t3-,4?,5-,6-,7?,9-,10?;;/m1../s1. The van der Waals surface area contributed by atoms with Crippen molar-refractivity contribution in [2.45, 2.75) is 43.0 Å². The summed E-state index contributed by atoms with van der Waals surface area (Å²) in [7, 11) is -4.98. The minimum atomic E-state index is -4.98. The summed E-state index contributed by atoms with van der Waals surface area (Å²) in [4.78, 5) is 24.4. The second-order valence-corrected chi connectivity index (χ2v) is 6.88. The van der Waals surface area contributed by atoms with Crippen LogP contribution in [0.1, 0.15) is 0 Å². The first-order valence-electron chi connectivity index (χ1n) is 7.13. The normalized spacial score (nSPS) is 42.2. The van der Waals surface area contributed by atoms with Crippen LogP contribution >= 0.6 is 7.82 Å². The van der Waals surface area contributed by atoms with Gasteiger partial charge in [-0.2, -0.15) is 0 Å². The van der Waals surface area contributed by atoms with Gasteiger partial charge in [0.15, 0.2) is 6.29 Å². The van der Waals surface area contributed by atoms with Crippen molar-refractivity contribution in [2.24, 2.45) is 10.7 Å². The fourth-order valence-corrected chi connectivity index (χ4v) is 3.34. The number of aliphatic hydroxyl groups excluding tert-OH is 2. The van der Waals surface area contributed by atoms with E-state index in [-0.39, 0.29) is 65.8 Å². The maximum Gasteiger partial charge on any atom is 1.00 e. The number of phosphoric ester groups is 1. The monoisotopic (exact) mass is 413 g/mol. The smallest absolute Gasteiger partial charge is 0.861 e. The van der Waals surface area contributed by atoms with E-state index >= 15 is 0 Å². The first-order chi connectivity index (χ1) is 11.2. The Bertz CT molecular complexity index is 570. The molecule has 16 heteroatoms. The minimum absolute atomic E-state index is 0. The van der Waals surface area contributed by atoms with Crippen molar-refractivity contribution in [3.05, 3.63) is 0 Å². The molecule has 0 amide bonds. The molecule has 0 aromatic heterocycles. The van der Waals surface area contributed by atoms with Gasteiger partial charge in [0, 0.05) is 0 Å². The Labute approximate surface area is 193 Å². The number of aliphatic imine (C=N–C) groups is 1. The van der Waals surface area contributed by atoms with Crippen LogP contribution in [0.4, 0.5) is 0 Å². The first kappa shape index (κ1) is 25.3. The van der Waals surface area contributed by atoms with Crippen molar-refractivity contribution in [2.75, 3.05) is 13.3 Å². The molecule has 3 rings (SSSR count). The van der Waals surface area contributed by atoms with Crippen molar-refractivity contribution in [1.82, 2.24) is 15.5 Å². The number of rotatable bonds is 4. The Morgan fingerprint density at radius 3 is 2.69 bits per heavy atom. The molecule has 0 bridgehead atoms. The van der Waals surface area contributed by atoms with Gasteiger partial charge in [-0.1, -0.05) is 0 Å². The summed E-state index contributed by atoms with van der Waals surface area (Å²) in [6.45, 7) is -0.527. The predicted molar refractivity (Wildman–Crippen MR) is 72.4 cm³/mol. The fraction of sp³-hybridized carbons (Fsp3) is 0.900. The second kappa shape index (κ2) is 9.87. The van der Waals surface area contributed by atoms with Gasteiger partial charge in [0.05, 0.1) is 25.5 Å². The van der Waals surface area contributed by atoms with Crippen LogP contribution in [0.25, 0.3) is 0 Å². The van der Waals surface area contributed by atoms with Crippen LogP contribution in [0.3, 0.4) is 0 Å². The molecular formula is C10H18N5Na2O8P. The molecule has 13 nitrogen and oxygen atoms in total. The number of hydrogen-bond donors (Lipinski definition) is 6. The van der Waals surface area contributed by atoms with Crippen LogP contribution in [0.15, 0.2) is 4.99 Å². The molecule has 8 atom stereocenters. The Hall–Kier alpha value is 1.30. The fourth-order valence-electron chi connectivity index (χ4n) is 3.01. The zero-order chi connectivity index (χ0) is 17.6. The molecule has 0 aliphatic carbocycles. The largest absolute Gasteiger partial charge is 1.00 e. The summed E-state index contributed by atoms with van der Waals surface area (Å²) in [6.07, 6.45) is -6.61. The van der Waals surface area contributed by atoms with Gasteiger partial charge in [-0.3, -0.25) is 25.9 Å². The molecule has 2 fully saturated rings. The number of nitrogens with one attached hydrogen (secondary N) is 2. The van der Waals surface area contributed by atoms with E-state index in [1.807, 2.05) is 0 Å². The molecule has 4 unspecified atom stereocenters. The first-order valence-corrected chi connectivity index (χ1v) is 8.62. The maximum absolute atomic E-state index is 11.8. The molecule has 138 valence electrons. The van der Waals surface area contributed by atoms with Crippen LogP contribution in [-0.4, -0.2) is 82.2 Å². The van der Waals surface area contributed by atoms with Gasteiger partial charge in [-0.15, -0.1) is 0 Å². The number of ether oxygens (including phenoxy) is 1. The van der Waals surface area contributed by atoms with E-state index in [0.29, 0.717) is 0 Å². The molecule has 0 aromatic carbocycles. The Morgan fingerprint density at radius 2 is 2.08 bits per heavy atom. The van der Waals surface area contributed by atoms with Crippen molar-refractivity contribution < 1.29 is 98.0 Å². The Balaban J connectivity index is 0.00000169. The van der Waals surface area contributed by atoms with Gasteiger partial charge >= 0.3 is 59.1 Å². The third-order valence-corrected chi connectivity index (χ3v) is 4.58. The average Bonchev–Trinajstić information content (AvgIpc) is 3.00. The van der Waals surface area contributed by atoms with Crippen LogP contribution < -0.4 is 85.5 Å². The molecule has 26 heavy (non-hydrogen) atoms. The summed E-state index contributed by atoms with van der Waals surface area (Å²) in [5.41, 5.74) is 5.61. The van der Waals surface area contributed by atoms with Gasteiger partial charge in [0.1, 0.15) is 24.5 Å². The third kappa shape index (κ3) is 5.46. The topological polar surface area (TPSA) is 208 Å².